The largest absolute Gasteiger partial charge is 0.481 e. The monoisotopic (exact) mass is 305 g/mol. The predicted molar refractivity (Wildman–Crippen MR) is 86.3 cm³/mol. The van der Waals surface area contributed by atoms with Gasteiger partial charge in [-0.05, 0) is 43.6 Å². The van der Waals surface area contributed by atoms with Crippen LogP contribution >= 0.6 is 11.8 Å². The number of carboxylic acids is 1. The number of hydrogen-bond acceptors (Lipinski definition) is 2. The number of aliphatic carboxylic acids is 1. The van der Waals surface area contributed by atoms with Crippen molar-refractivity contribution in [2.24, 2.45) is 0 Å². The molecule has 0 aromatic rings. The van der Waals surface area contributed by atoms with Crippen LogP contribution in [0.3, 0.4) is 0 Å². The Morgan fingerprint density at radius 3 is 2.25 bits per heavy atom. The fourth-order valence-corrected chi connectivity index (χ4v) is 3.16. The van der Waals surface area contributed by atoms with Crippen LogP contribution in [-0.4, -0.2) is 28.8 Å². The summed E-state index contributed by atoms with van der Waals surface area (Å²) in [4.78, 5) is 10.3. The zero-order valence-electron chi connectivity index (χ0n) is 12.9. The Morgan fingerprint density at radius 1 is 1.00 bits per heavy atom. The number of alkyl halides is 1. The second kappa shape index (κ2) is 15.1. The molecule has 0 radical (unpaired) electrons. The van der Waals surface area contributed by atoms with Gasteiger partial charge in [-0.15, -0.1) is 0 Å². The Kier molecular flexibility index (Phi) is 15.0. The van der Waals surface area contributed by atoms with Gasteiger partial charge < -0.3 is 5.11 Å². The molecule has 120 valence electrons. The smallest absolute Gasteiger partial charge is 0.303 e. The van der Waals surface area contributed by atoms with E-state index >= 15 is 0 Å². The molecule has 20 heavy (non-hydrogen) atoms. The average Bonchev–Trinajstić information content (AvgIpc) is 2.40. The van der Waals surface area contributed by atoms with Crippen LogP contribution in [0, 0.1) is 0 Å². The molecule has 0 saturated carbocycles. The van der Waals surface area contributed by atoms with E-state index in [0.29, 0.717) is 6.42 Å². The van der Waals surface area contributed by atoms with E-state index in [1.807, 2.05) is 18.7 Å². The number of rotatable bonds is 15. The summed E-state index contributed by atoms with van der Waals surface area (Å²) in [6.07, 6.45) is 9.82. The summed E-state index contributed by atoms with van der Waals surface area (Å²) in [5.41, 5.74) is 0. The fourth-order valence-electron chi connectivity index (χ4n) is 2.14. The highest BCUT2D eigenvalue weighted by Gasteiger charge is 2.03. The topological polar surface area (TPSA) is 37.3 Å². The van der Waals surface area contributed by atoms with Gasteiger partial charge in [-0.2, -0.15) is 11.8 Å². The molecule has 0 fully saturated rings. The van der Waals surface area contributed by atoms with Crippen LogP contribution in [0.2, 0.25) is 0 Å². The molecule has 0 heterocycles. The highest BCUT2D eigenvalue weighted by molar-refractivity contribution is 7.99. The zero-order chi connectivity index (χ0) is 15.1. The lowest BCUT2D eigenvalue weighted by Gasteiger charge is -2.06. The molecular weight excluding hydrogens is 274 g/mol. The summed E-state index contributed by atoms with van der Waals surface area (Å²) in [6.45, 7) is 2.03. The highest BCUT2D eigenvalue weighted by Crippen LogP contribution is 2.14. The van der Waals surface area contributed by atoms with Gasteiger partial charge in [0.15, 0.2) is 0 Å². The van der Waals surface area contributed by atoms with Gasteiger partial charge in [0.2, 0.25) is 0 Å². The number of hydrogen-bond donors (Lipinski definition) is 1. The lowest BCUT2D eigenvalue weighted by molar-refractivity contribution is -0.137. The van der Waals surface area contributed by atoms with Crippen molar-refractivity contribution in [1.82, 2.24) is 0 Å². The standard InChI is InChI=1S/C16H31FO2S/c1-2-10-15(17)11-6-4-3-5-8-13-20-14-9-7-12-16(18)19/h15H,2-14H2,1H3,(H,18,19)/i17-1. The minimum Gasteiger partial charge on any atom is -0.481 e. The first-order chi connectivity index (χ1) is 9.66. The second-order valence-corrected chi connectivity index (χ2v) is 6.63. The van der Waals surface area contributed by atoms with E-state index in [-0.39, 0.29) is 0 Å². The molecule has 4 heteroatoms. The summed E-state index contributed by atoms with van der Waals surface area (Å²) in [6, 6.07) is 0. The molecule has 0 rings (SSSR count). The number of carbonyl (C=O) groups is 1. The fraction of sp³-hybridized carbons (Fsp3) is 0.938. The maximum Gasteiger partial charge on any atom is 0.303 e. The first-order valence-corrected chi connectivity index (χ1v) is 9.26. The maximum absolute atomic E-state index is 13.2. The van der Waals surface area contributed by atoms with Crippen molar-refractivity contribution in [2.75, 3.05) is 11.5 Å². The van der Waals surface area contributed by atoms with Gasteiger partial charge in [-0.25, -0.2) is 4.39 Å². The maximum atomic E-state index is 13.2. The quantitative estimate of drug-likeness (QED) is 0.409. The van der Waals surface area contributed by atoms with Gasteiger partial charge in [0, 0.05) is 6.42 Å². The Labute approximate surface area is 127 Å². The Balaban J connectivity index is 3.04. The Bertz CT molecular complexity index is 225. The van der Waals surface area contributed by atoms with Crippen molar-refractivity contribution in [3.63, 3.8) is 0 Å². The molecule has 1 N–H and O–H groups in total. The minimum absolute atomic E-state index is 0.300. The van der Waals surface area contributed by atoms with Gasteiger partial charge in [0.1, 0.15) is 6.17 Å². The van der Waals surface area contributed by atoms with E-state index in [9.17, 15) is 9.18 Å². The molecule has 0 spiro atoms. The molecular formula is C16H31FO2S. The molecule has 1 atom stereocenters. The SMILES string of the molecule is CCCC([18F])CCCCCCCSCCCCC(=O)O. The highest BCUT2D eigenvalue weighted by atomic mass is 32.2. The van der Waals surface area contributed by atoms with Crippen LogP contribution in [-0.2, 0) is 4.79 Å². The third kappa shape index (κ3) is 15.8. The second-order valence-electron chi connectivity index (χ2n) is 5.41. The molecule has 0 aromatic heterocycles. The van der Waals surface area contributed by atoms with Crippen LogP contribution < -0.4 is 0 Å². The third-order valence-electron chi connectivity index (χ3n) is 3.34. The minimum atomic E-state index is -0.690. The first kappa shape index (κ1) is 19.8. The average molecular weight is 305 g/mol. The van der Waals surface area contributed by atoms with Crippen molar-refractivity contribution in [3.8, 4) is 0 Å². The first-order valence-electron chi connectivity index (χ1n) is 8.10. The van der Waals surface area contributed by atoms with Crippen LogP contribution in [0.4, 0.5) is 4.39 Å². The van der Waals surface area contributed by atoms with Crippen LogP contribution in [0.5, 0.6) is 0 Å². The van der Waals surface area contributed by atoms with E-state index in [2.05, 4.69) is 0 Å². The number of halogens is 1. The van der Waals surface area contributed by atoms with Crippen molar-refractivity contribution < 1.29 is 14.3 Å². The summed E-state index contributed by atoms with van der Waals surface area (Å²) >= 11 is 1.93. The van der Waals surface area contributed by atoms with E-state index in [0.717, 1.165) is 50.7 Å². The normalized spacial score (nSPS) is 12.5. The molecule has 0 aromatic carbocycles. The predicted octanol–water partition coefficient (Wildman–Crippen LogP) is 5.45. The molecule has 0 aliphatic carbocycles. The van der Waals surface area contributed by atoms with Crippen molar-refractivity contribution in [3.05, 3.63) is 0 Å². The van der Waals surface area contributed by atoms with Gasteiger partial charge in [-0.1, -0.05) is 39.0 Å². The molecule has 0 aliphatic rings. The van der Waals surface area contributed by atoms with Gasteiger partial charge in [-0.3, -0.25) is 4.79 Å². The molecule has 0 bridgehead atoms. The van der Waals surface area contributed by atoms with Crippen LogP contribution in [0.1, 0.15) is 77.6 Å². The van der Waals surface area contributed by atoms with Crippen molar-refractivity contribution >= 4 is 17.7 Å². The molecule has 1 unspecified atom stereocenters. The van der Waals surface area contributed by atoms with E-state index in [1.54, 1.807) is 0 Å². The van der Waals surface area contributed by atoms with E-state index in [1.165, 1.54) is 25.0 Å². The molecule has 2 nitrogen and oxygen atoms in total. The number of carboxylic acid groups (broad SMARTS) is 1. The lowest BCUT2D eigenvalue weighted by atomic mass is 10.1. The van der Waals surface area contributed by atoms with Crippen LogP contribution in [0.25, 0.3) is 0 Å². The number of unbranched alkanes of at least 4 members (excludes halogenated alkanes) is 5. The van der Waals surface area contributed by atoms with Crippen LogP contribution in [0.15, 0.2) is 0 Å². The van der Waals surface area contributed by atoms with Gasteiger partial charge in [0.05, 0.1) is 0 Å². The Hall–Kier alpha value is -0.250. The zero-order valence-corrected chi connectivity index (χ0v) is 13.7. The van der Waals surface area contributed by atoms with E-state index < -0.39 is 12.1 Å². The van der Waals surface area contributed by atoms with Gasteiger partial charge in [0.25, 0.3) is 0 Å². The van der Waals surface area contributed by atoms with Crippen molar-refractivity contribution in [2.45, 2.75) is 83.7 Å². The Morgan fingerprint density at radius 2 is 1.60 bits per heavy atom. The molecule has 0 saturated heterocycles. The summed E-state index contributed by atoms with van der Waals surface area (Å²) in [5.74, 6) is 1.56. The molecule has 0 aliphatic heterocycles. The third-order valence-corrected chi connectivity index (χ3v) is 4.49. The van der Waals surface area contributed by atoms with Crippen molar-refractivity contribution in [1.29, 1.82) is 0 Å². The summed E-state index contributed by atoms with van der Waals surface area (Å²) in [7, 11) is 0. The summed E-state index contributed by atoms with van der Waals surface area (Å²) in [5, 5.41) is 8.49. The van der Waals surface area contributed by atoms with Gasteiger partial charge >= 0.3 is 5.97 Å². The summed E-state index contributed by atoms with van der Waals surface area (Å²) < 4.78 is 13.2. The lowest BCUT2D eigenvalue weighted by Crippen LogP contribution is -1.98. The number of thioether (sulfide) groups is 1. The van der Waals surface area contributed by atoms with E-state index in [4.69, 9.17) is 5.11 Å². The molecule has 0 amide bonds.